The zero-order valence-corrected chi connectivity index (χ0v) is 12.2. The minimum atomic E-state index is -0.620. The van der Waals surface area contributed by atoms with Crippen molar-refractivity contribution in [3.8, 4) is 0 Å². The molecule has 0 N–H and O–H groups in total. The number of halogens is 1. The van der Waals surface area contributed by atoms with Crippen molar-refractivity contribution in [1.29, 1.82) is 0 Å². The van der Waals surface area contributed by atoms with Crippen LogP contribution in [0.2, 0.25) is 0 Å². The third-order valence-electron chi connectivity index (χ3n) is 3.91. The van der Waals surface area contributed by atoms with Crippen LogP contribution in [0.15, 0.2) is 59.0 Å². The summed E-state index contributed by atoms with van der Waals surface area (Å²) in [6.45, 7) is 0. The molecule has 5 heteroatoms. The summed E-state index contributed by atoms with van der Waals surface area (Å²) in [5.41, 5.74) is 0.458. The first-order chi connectivity index (χ1) is 11.6. The summed E-state index contributed by atoms with van der Waals surface area (Å²) in [6, 6.07) is 13.0. The van der Waals surface area contributed by atoms with E-state index in [1.54, 1.807) is 30.3 Å². The van der Waals surface area contributed by atoms with Crippen molar-refractivity contribution < 1.29 is 23.2 Å². The maximum absolute atomic E-state index is 13.4. The van der Waals surface area contributed by atoms with Crippen molar-refractivity contribution in [2.24, 2.45) is 0 Å². The average molecular weight is 320 g/mol. The Bertz CT molecular complexity index is 1020. The zero-order valence-electron chi connectivity index (χ0n) is 12.2. The molecular weight excluding hydrogens is 311 g/mol. The Morgan fingerprint density at radius 2 is 1.58 bits per heavy atom. The van der Waals surface area contributed by atoms with Gasteiger partial charge in [0, 0.05) is 16.7 Å². The number of ketones is 3. The summed E-state index contributed by atoms with van der Waals surface area (Å²) in [6.07, 6.45) is 0. The number of carbonyl (C=O) groups is 3. The first kappa shape index (κ1) is 14.3. The number of hydrogen-bond donors (Lipinski definition) is 0. The number of fused-ring (bicyclic) bond motifs is 2. The summed E-state index contributed by atoms with van der Waals surface area (Å²) in [5, 5.41) is 0. The van der Waals surface area contributed by atoms with Gasteiger partial charge < -0.3 is 4.42 Å². The topological polar surface area (TPSA) is 64.3 Å². The van der Waals surface area contributed by atoms with E-state index in [0.717, 1.165) is 12.1 Å². The second kappa shape index (κ2) is 5.09. The molecule has 1 aromatic heterocycles. The van der Waals surface area contributed by atoms with Gasteiger partial charge in [-0.15, -0.1) is 0 Å². The highest BCUT2D eigenvalue weighted by atomic mass is 19.1. The monoisotopic (exact) mass is 320 g/mol. The molecule has 4 nitrogen and oxygen atoms in total. The molecule has 0 unspecified atom stereocenters. The van der Waals surface area contributed by atoms with E-state index in [1.165, 1.54) is 12.1 Å². The molecule has 1 aliphatic carbocycles. The van der Waals surface area contributed by atoms with Crippen LogP contribution in [0.5, 0.6) is 0 Å². The molecule has 0 spiro atoms. The molecule has 116 valence electrons. The molecule has 4 rings (SSSR count). The van der Waals surface area contributed by atoms with Gasteiger partial charge in [0.15, 0.2) is 17.3 Å². The van der Waals surface area contributed by atoms with Gasteiger partial charge in [0.05, 0.1) is 5.56 Å². The van der Waals surface area contributed by atoms with Gasteiger partial charge in [-0.3, -0.25) is 14.4 Å². The molecule has 0 amide bonds. The summed E-state index contributed by atoms with van der Waals surface area (Å²) >= 11 is 0. The molecule has 1 aliphatic rings. The van der Waals surface area contributed by atoms with Crippen molar-refractivity contribution in [3.05, 3.63) is 94.2 Å². The summed E-state index contributed by atoms with van der Waals surface area (Å²) in [7, 11) is 0. The molecule has 0 saturated heterocycles. The van der Waals surface area contributed by atoms with Gasteiger partial charge in [0.2, 0.25) is 11.6 Å². The van der Waals surface area contributed by atoms with Gasteiger partial charge in [-0.25, -0.2) is 4.39 Å². The van der Waals surface area contributed by atoms with Crippen LogP contribution in [0.3, 0.4) is 0 Å². The van der Waals surface area contributed by atoms with Crippen molar-refractivity contribution in [2.75, 3.05) is 0 Å². The van der Waals surface area contributed by atoms with Gasteiger partial charge in [0.25, 0.3) is 0 Å². The second-order valence-corrected chi connectivity index (χ2v) is 5.40. The molecule has 0 radical (unpaired) electrons. The molecular formula is C19H9FO4. The molecule has 24 heavy (non-hydrogen) atoms. The Kier molecular flexibility index (Phi) is 3.03. The lowest BCUT2D eigenvalue weighted by Gasteiger charge is -2.12. The van der Waals surface area contributed by atoms with E-state index < -0.39 is 23.2 Å². The molecule has 3 aromatic rings. The van der Waals surface area contributed by atoms with Gasteiger partial charge in [-0.2, -0.15) is 0 Å². The van der Waals surface area contributed by atoms with Gasteiger partial charge in [-0.1, -0.05) is 30.3 Å². The van der Waals surface area contributed by atoms with E-state index in [2.05, 4.69) is 0 Å². The Balaban J connectivity index is 1.83. The number of hydrogen-bond acceptors (Lipinski definition) is 4. The van der Waals surface area contributed by atoms with Crippen molar-refractivity contribution in [1.82, 2.24) is 0 Å². The van der Waals surface area contributed by atoms with E-state index in [0.29, 0.717) is 5.56 Å². The molecule has 0 aliphatic heterocycles. The highest BCUT2D eigenvalue weighted by molar-refractivity contribution is 6.28. The van der Waals surface area contributed by atoms with Crippen LogP contribution in [0.4, 0.5) is 4.39 Å². The van der Waals surface area contributed by atoms with Crippen molar-refractivity contribution in [3.63, 3.8) is 0 Å². The molecule has 0 atom stereocenters. The zero-order chi connectivity index (χ0) is 16.8. The molecule has 0 fully saturated rings. The smallest absolute Gasteiger partial charge is 0.229 e. The van der Waals surface area contributed by atoms with Crippen molar-refractivity contribution >= 4 is 17.3 Å². The number of rotatable bonds is 2. The highest BCUT2D eigenvalue weighted by Crippen LogP contribution is 2.30. The SMILES string of the molecule is O=C(c1ccccc1)c1cc2c(o1)C(=O)c1cc(F)ccc1C2=O. The maximum Gasteiger partial charge on any atom is 0.229 e. The van der Waals surface area contributed by atoms with Crippen LogP contribution < -0.4 is 0 Å². The second-order valence-electron chi connectivity index (χ2n) is 5.40. The third kappa shape index (κ3) is 2.02. The largest absolute Gasteiger partial charge is 0.448 e. The predicted octanol–water partition coefficient (Wildman–Crippen LogP) is 3.43. The molecule has 0 saturated carbocycles. The van der Waals surface area contributed by atoms with Gasteiger partial charge in [-0.05, 0) is 24.3 Å². The normalized spacial score (nSPS) is 12.7. The van der Waals surface area contributed by atoms with Crippen LogP contribution in [-0.2, 0) is 0 Å². The fraction of sp³-hybridized carbons (Fsp3) is 0. The van der Waals surface area contributed by atoms with Crippen LogP contribution >= 0.6 is 0 Å². The van der Waals surface area contributed by atoms with Crippen LogP contribution in [0.1, 0.15) is 48.2 Å². The molecule has 1 heterocycles. The van der Waals surface area contributed by atoms with E-state index in [-0.39, 0.29) is 28.2 Å². The Morgan fingerprint density at radius 3 is 2.33 bits per heavy atom. The lowest BCUT2D eigenvalue weighted by atomic mass is 9.88. The van der Waals surface area contributed by atoms with E-state index >= 15 is 0 Å². The number of furan rings is 1. The number of carbonyl (C=O) groups excluding carboxylic acids is 3. The Hall–Kier alpha value is -3.34. The highest BCUT2D eigenvalue weighted by Gasteiger charge is 2.35. The minimum absolute atomic E-state index is 0.0263. The van der Waals surface area contributed by atoms with E-state index in [9.17, 15) is 18.8 Å². The third-order valence-corrected chi connectivity index (χ3v) is 3.91. The summed E-state index contributed by atoms with van der Waals surface area (Å²) in [5.74, 6) is -2.44. The first-order valence-electron chi connectivity index (χ1n) is 7.19. The van der Waals surface area contributed by atoms with Gasteiger partial charge >= 0.3 is 0 Å². The fourth-order valence-corrected chi connectivity index (χ4v) is 2.74. The van der Waals surface area contributed by atoms with Crippen LogP contribution in [0, 0.1) is 5.82 Å². The van der Waals surface area contributed by atoms with Crippen molar-refractivity contribution in [2.45, 2.75) is 0 Å². The van der Waals surface area contributed by atoms with E-state index in [1.807, 2.05) is 0 Å². The lowest BCUT2D eigenvalue weighted by molar-refractivity contribution is 0.0951. The van der Waals surface area contributed by atoms with Gasteiger partial charge in [0.1, 0.15) is 5.82 Å². The Labute approximate surface area is 135 Å². The van der Waals surface area contributed by atoms with Crippen LogP contribution in [-0.4, -0.2) is 17.3 Å². The lowest BCUT2D eigenvalue weighted by Crippen LogP contribution is -2.19. The Morgan fingerprint density at radius 1 is 0.833 bits per heavy atom. The molecule has 2 aromatic carbocycles. The maximum atomic E-state index is 13.4. The minimum Gasteiger partial charge on any atom is -0.448 e. The summed E-state index contributed by atoms with van der Waals surface area (Å²) in [4.78, 5) is 37.4. The first-order valence-corrected chi connectivity index (χ1v) is 7.19. The predicted molar refractivity (Wildman–Crippen MR) is 81.8 cm³/mol. The van der Waals surface area contributed by atoms with Crippen LogP contribution in [0.25, 0.3) is 0 Å². The standard InChI is InChI=1S/C19H9FO4/c20-11-6-7-12-13(8-11)18(23)19-14(17(12)22)9-15(24-19)16(21)10-4-2-1-3-5-10/h1-9H. The molecule has 0 bridgehead atoms. The number of benzene rings is 2. The average Bonchev–Trinajstić information content (AvgIpc) is 3.05. The fourth-order valence-electron chi connectivity index (χ4n) is 2.74. The summed E-state index contributed by atoms with van der Waals surface area (Å²) < 4.78 is 18.7. The quantitative estimate of drug-likeness (QED) is 0.531. The van der Waals surface area contributed by atoms with E-state index in [4.69, 9.17) is 4.42 Å².